The molecule has 6 rings (SSSR count). The van der Waals surface area contributed by atoms with E-state index in [9.17, 15) is 4.79 Å². The lowest BCUT2D eigenvalue weighted by Gasteiger charge is -2.55. The number of Topliss-reactive ketones (excluding diaryl/α,β-unsaturated/α-hetero) is 1. The third kappa shape index (κ3) is 2.26. The molecule has 1 heterocycles. The van der Waals surface area contributed by atoms with E-state index in [2.05, 4.69) is 24.0 Å². The highest BCUT2D eigenvalue weighted by Crippen LogP contribution is 2.61. The maximum Gasteiger partial charge on any atom is 0.189 e. The van der Waals surface area contributed by atoms with Crippen molar-refractivity contribution in [3.8, 4) is 5.69 Å². The Balaban J connectivity index is 1.56. The molecule has 4 aliphatic carbocycles. The second kappa shape index (κ2) is 5.20. The van der Waals surface area contributed by atoms with Crippen LogP contribution in [-0.2, 0) is 0 Å². The van der Waals surface area contributed by atoms with Gasteiger partial charge in [0.2, 0.25) is 0 Å². The summed E-state index contributed by atoms with van der Waals surface area (Å²) in [5, 5.41) is 0. The standard InChI is InChI=1S/C21H25N3O/c1-13-2-4-17(5-3-13)24-12-23-20(22)18(24)19(25)21-9-14-6-15(10-21)8-16(7-14)11-21/h2-5,12,14-16H,6-11,22H2,1H3. The van der Waals surface area contributed by atoms with E-state index in [-0.39, 0.29) is 11.2 Å². The molecule has 0 radical (unpaired) electrons. The van der Waals surface area contributed by atoms with Gasteiger partial charge in [0.1, 0.15) is 12.0 Å². The van der Waals surface area contributed by atoms with Crippen molar-refractivity contribution in [2.75, 3.05) is 5.73 Å². The summed E-state index contributed by atoms with van der Waals surface area (Å²) >= 11 is 0. The molecule has 4 heteroatoms. The number of anilines is 1. The zero-order valence-electron chi connectivity index (χ0n) is 14.7. The van der Waals surface area contributed by atoms with Crippen LogP contribution < -0.4 is 5.73 Å². The molecule has 0 spiro atoms. The molecular formula is C21H25N3O. The predicted octanol–water partition coefficient (Wildman–Crippen LogP) is 4.16. The summed E-state index contributed by atoms with van der Waals surface area (Å²) in [4.78, 5) is 18.0. The Morgan fingerprint density at radius 3 is 2.20 bits per heavy atom. The third-order valence-electron chi connectivity index (χ3n) is 6.84. The Labute approximate surface area is 148 Å². The number of carbonyl (C=O) groups excluding carboxylic acids is 1. The summed E-state index contributed by atoms with van der Waals surface area (Å²) in [6, 6.07) is 8.19. The van der Waals surface area contributed by atoms with Crippen molar-refractivity contribution in [3.63, 3.8) is 0 Å². The lowest BCUT2D eigenvalue weighted by Crippen LogP contribution is -2.50. The van der Waals surface area contributed by atoms with Crippen molar-refractivity contribution in [2.24, 2.45) is 23.2 Å². The van der Waals surface area contributed by atoms with Crippen LogP contribution in [0.3, 0.4) is 0 Å². The van der Waals surface area contributed by atoms with Gasteiger partial charge in [-0.15, -0.1) is 0 Å². The van der Waals surface area contributed by atoms with Crippen LogP contribution in [0.2, 0.25) is 0 Å². The zero-order chi connectivity index (χ0) is 17.2. The van der Waals surface area contributed by atoms with Gasteiger partial charge < -0.3 is 5.73 Å². The predicted molar refractivity (Wildman–Crippen MR) is 97.6 cm³/mol. The molecule has 0 unspecified atom stereocenters. The molecule has 4 bridgehead atoms. The number of hydrogen-bond donors (Lipinski definition) is 1. The number of hydrogen-bond acceptors (Lipinski definition) is 3. The topological polar surface area (TPSA) is 60.9 Å². The average Bonchev–Trinajstić information content (AvgIpc) is 2.95. The van der Waals surface area contributed by atoms with Crippen molar-refractivity contribution in [1.82, 2.24) is 9.55 Å². The largest absolute Gasteiger partial charge is 0.382 e. The third-order valence-corrected chi connectivity index (χ3v) is 6.84. The van der Waals surface area contributed by atoms with Gasteiger partial charge in [0.05, 0.1) is 0 Å². The van der Waals surface area contributed by atoms with Crippen molar-refractivity contribution >= 4 is 11.6 Å². The molecule has 0 atom stereocenters. The summed E-state index contributed by atoms with van der Waals surface area (Å²) in [6.07, 6.45) is 8.86. The molecule has 2 N–H and O–H groups in total. The number of aryl methyl sites for hydroxylation is 1. The van der Waals surface area contributed by atoms with Gasteiger partial charge in [-0.3, -0.25) is 9.36 Å². The van der Waals surface area contributed by atoms with E-state index in [0.717, 1.165) is 42.7 Å². The summed E-state index contributed by atoms with van der Waals surface area (Å²) in [5.41, 5.74) is 8.75. The minimum Gasteiger partial charge on any atom is -0.382 e. The zero-order valence-corrected chi connectivity index (χ0v) is 14.7. The van der Waals surface area contributed by atoms with Gasteiger partial charge >= 0.3 is 0 Å². The molecule has 0 aliphatic heterocycles. The highest BCUT2D eigenvalue weighted by atomic mass is 16.1. The van der Waals surface area contributed by atoms with E-state index in [1.165, 1.54) is 24.8 Å². The van der Waals surface area contributed by atoms with Crippen molar-refractivity contribution in [3.05, 3.63) is 41.9 Å². The molecule has 1 aromatic heterocycles. The van der Waals surface area contributed by atoms with Gasteiger partial charge in [-0.2, -0.15) is 0 Å². The lowest BCUT2D eigenvalue weighted by atomic mass is 9.48. The van der Waals surface area contributed by atoms with Gasteiger partial charge in [-0.1, -0.05) is 17.7 Å². The number of nitrogens with two attached hydrogens (primary N) is 1. The van der Waals surface area contributed by atoms with Gasteiger partial charge in [-0.25, -0.2) is 4.98 Å². The van der Waals surface area contributed by atoms with Crippen molar-refractivity contribution in [1.29, 1.82) is 0 Å². The number of nitrogen functional groups attached to an aromatic ring is 1. The highest BCUT2D eigenvalue weighted by Gasteiger charge is 2.55. The first kappa shape index (κ1) is 15.2. The van der Waals surface area contributed by atoms with E-state index in [0.29, 0.717) is 11.5 Å². The average molecular weight is 335 g/mol. The lowest BCUT2D eigenvalue weighted by molar-refractivity contribution is -0.0356. The number of imidazole rings is 1. The molecule has 0 amide bonds. The van der Waals surface area contributed by atoms with Crippen LogP contribution >= 0.6 is 0 Å². The minimum atomic E-state index is -0.189. The number of carbonyl (C=O) groups is 1. The Kier molecular flexibility index (Phi) is 3.16. The summed E-state index contributed by atoms with van der Waals surface area (Å²) < 4.78 is 1.90. The number of ketones is 1. The van der Waals surface area contributed by atoms with Crippen molar-refractivity contribution in [2.45, 2.75) is 45.4 Å². The second-order valence-electron chi connectivity index (χ2n) is 8.71. The molecule has 4 fully saturated rings. The van der Waals surface area contributed by atoms with Crippen LogP contribution in [0, 0.1) is 30.1 Å². The fraction of sp³-hybridized carbons (Fsp3) is 0.524. The van der Waals surface area contributed by atoms with E-state index >= 15 is 0 Å². The second-order valence-corrected chi connectivity index (χ2v) is 8.71. The van der Waals surface area contributed by atoms with Gasteiger partial charge in [0.15, 0.2) is 11.6 Å². The normalized spacial score (nSPS) is 32.9. The molecule has 1 aromatic carbocycles. The smallest absolute Gasteiger partial charge is 0.189 e. The first-order valence-electron chi connectivity index (χ1n) is 9.49. The van der Waals surface area contributed by atoms with Crippen LogP contribution in [-0.4, -0.2) is 15.3 Å². The number of aromatic nitrogens is 2. The Morgan fingerprint density at radius 1 is 1.08 bits per heavy atom. The number of benzene rings is 1. The first-order chi connectivity index (χ1) is 12.0. The SMILES string of the molecule is Cc1ccc(-n2cnc(N)c2C(=O)C23CC4CC(CC(C4)C2)C3)cc1. The van der Waals surface area contributed by atoms with Crippen LogP contribution in [0.15, 0.2) is 30.6 Å². The van der Waals surface area contributed by atoms with Gasteiger partial charge in [-0.05, 0) is 75.3 Å². The number of nitrogens with zero attached hydrogens (tertiary/aromatic N) is 2. The Hall–Kier alpha value is -2.10. The fourth-order valence-corrected chi connectivity index (χ4v) is 6.13. The molecule has 4 saturated carbocycles. The number of rotatable bonds is 3. The van der Waals surface area contributed by atoms with Crippen LogP contribution in [0.25, 0.3) is 5.69 Å². The molecule has 4 aliphatic rings. The minimum absolute atomic E-state index is 0.189. The Bertz CT molecular complexity index is 798. The highest BCUT2D eigenvalue weighted by molar-refractivity contribution is 6.03. The molecule has 0 saturated heterocycles. The Morgan fingerprint density at radius 2 is 1.64 bits per heavy atom. The van der Waals surface area contributed by atoms with E-state index in [1.54, 1.807) is 6.33 Å². The van der Waals surface area contributed by atoms with E-state index in [1.807, 2.05) is 16.7 Å². The first-order valence-corrected chi connectivity index (χ1v) is 9.49. The molecule has 2 aromatic rings. The molecule has 4 nitrogen and oxygen atoms in total. The maximum atomic E-state index is 13.7. The van der Waals surface area contributed by atoms with Gasteiger partial charge in [0.25, 0.3) is 0 Å². The molecule has 130 valence electrons. The summed E-state index contributed by atoms with van der Waals surface area (Å²) in [5.74, 6) is 2.84. The monoisotopic (exact) mass is 335 g/mol. The molecule has 25 heavy (non-hydrogen) atoms. The quantitative estimate of drug-likeness (QED) is 0.857. The summed E-state index contributed by atoms with van der Waals surface area (Å²) in [7, 11) is 0. The summed E-state index contributed by atoms with van der Waals surface area (Å²) in [6.45, 7) is 2.06. The maximum absolute atomic E-state index is 13.7. The van der Waals surface area contributed by atoms with Crippen LogP contribution in [0.5, 0.6) is 0 Å². The van der Waals surface area contributed by atoms with Crippen LogP contribution in [0.1, 0.15) is 54.6 Å². The fourth-order valence-electron chi connectivity index (χ4n) is 6.13. The van der Waals surface area contributed by atoms with E-state index in [4.69, 9.17) is 5.73 Å². The molecular weight excluding hydrogens is 310 g/mol. The van der Waals surface area contributed by atoms with E-state index < -0.39 is 0 Å². The van der Waals surface area contributed by atoms with Gasteiger partial charge in [0, 0.05) is 11.1 Å². The van der Waals surface area contributed by atoms with Crippen molar-refractivity contribution < 1.29 is 4.79 Å². The van der Waals surface area contributed by atoms with Crippen LogP contribution in [0.4, 0.5) is 5.82 Å².